The largest absolute Gasteiger partial charge is 0.350 e. The molecule has 1 N–H and O–H groups in total. The normalized spacial score (nSPS) is 14.9. The van der Waals surface area contributed by atoms with Crippen LogP contribution < -0.4 is 5.32 Å². The third-order valence-corrected chi connectivity index (χ3v) is 3.10. The second kappa shape index (κ2) is 4.51. The van der Waals surface area contributed by atoms with Crippen molar-refractivity contribution in [3.05, 3.63) is 24.4 Å². The maximum Gasteiger partial charge on any atom is 0.243 e. The maximum absolute atomic E-state index is 4.41. The Bertz CT molecular complexity index is 430. The highest BCUT2D eigenvalue weighted by Crippen LogP contribution is 2.12. The molecule has 2 atom stereocenters. The molecular weight excluding hydrogens is 200 g/mol. The molecule has 2 rings (SSSR count). The van der Waals surface area contributed by atoms with Crippen molar-refractivity contribution < 1.29 is 0 Å². The summed E-state index contributed by atoms with van der Waals surface area (Å²) >= 11 is 0. The molecule has 0 spiro atoms. The van der Waals surface area contributed by atoms with Crippen molar-refractivity contribution in [3.63, 3.8) is 0 Å². The van der Waals surface area contributed by atoms with Gasteiger partial charge in [0.2, 0.25) is 5.95 Å². The summed E-state index contributed by atoms with van der Waals surface area (Å²) in [6, 6.07) is 6.25. The lowest BCUT2D eigenvalue weighted by Crippen LogP contribution is -2.23. The number of hydrogen-bond acceptors (Lipinski definition) is 3. The van der Waals surface area contributed by atoms with E-state index >= 15 is 0 Å². The predicted octanol–water partition coefficient (Wildman–Crippen LogP) is 2.58. The van der Waals surface area contributed by atoms with Gasteiger partial charge in [-0.15, -0.1) is 5.10 Å². The van der Waals surface area contributed by atoms with Gasteiger partial charge in [-0.25, -0.2) is 4.52 Å². The molecule has 0 aliphatic carbocycles. The molecule has 86 valence electrons. The van der Waals surface area contributed by atoms with Crippen molar-refractivity contribution in [2.24, 2.45) is 5.92 Å². The minimum absolute atomic E-state index is 0.391. The van der Waals surface area contributed by atoms with Crippen LogP contribution >= 0.6 is 0 Å². The van der Waals surface area contributed by atoms with Gasteiger partial charge in [0, 0.05) is 12.2 Å². The molecule has 0 saturated carbocycles. The predicted molar refractivity (Wildman–Crippen MR) is 65.5 cm³/mol. The number of aromatic nitrogens is 3. The highest BCUT2D eigenvalue weighted by atomic mass is 15.3. The summed E-state index contributed by atoms with van der Waals surface area (Å²) in [7, 11) is 0. The Morgan fingerprint density at radius 1 is 1.38 bits per heavy atom. The van der Waals surface area contributed by atoms with Crippen LogP contribution in [0.5, 0.6) is 0 Å². The molecule has 0 fully saturated rings. The maximum atomic E-state index is 4.41. The Morgan fingerprint density at radius 2 is 2.19 bits per heavy atom. The Hall–Kier alpha value is -1.58. The highest BCUT2D eigenvalue weighted by molar-refractivity contribution is 5.43. The van der Waals surface area contributed by atoms with E-state index in [4.69, 9.17) is 0 Å². The van der Waals surface area contributed by atoms with Gasteiger partial charge in [-0.2, -0.15) is 4.98 Å². The van der Waals surface area contributed by atoms with Gasteiger partial charge in [-0.1, -0.05) is 26.3 Å². The number of rotatable bonds is 4. The van der Waals surface area contributed by atoms with Gasteiger partial charge in [0.15, 0.2) is 5.65 Å². The van der Waals surface area contributed by atoms with Crippen LogP contribution in [0, 0.1) is 5.92 Å². The molecule has 4 nitrogen and oxygen atoms in total. The first kappa shape index (κ1) is 10.9. The summed E-state index contributed by atoms with van der Waals surface area (Å²) in [6.07, 6.45) is 3.06. The van der Waals surface area contributed by atoms with Crippen LogP contribution in [-0.2, 0) is 0 Å². The van der Waals surface area contributed by atoms with Crippen molar-refractivity contribution in [2.75, 3.05) is 5.32 Å². The summed E-state index contributed by atoms with van der Waals surface area (Å²) in [5.74, 6) is 1.32. The van der Waals surface area contributed by atoms with E-state index in [2.05, 4.69) is 36.2 Å². The van der Waals surface area contributed by atoms with E-state index in [-0.39, 0.29) is 0 Å². The summed E-state index contributed by atoms with van der Waals surface area (Å²) in [4.78, 5) is 4.41. The Labute approximate surface area is 95.7 Å². The number of nitrogens with one attached hydrogen (secondary N) is 1. The second-order valence-electron chi connectivity index (χ2n) is 4.26. The van der Waals surface area contributed by atoms with Gasteiger partial charge in [0.1, 0.15) is 0 Å². The summed E-state index contributed by atoms with van der Waals surface area (Å²) < 4.78 is 1.78. The molecule has 0 aliphatic heterocycles. The zero-order valence-electron chi connectivity index (χ0n) is 10.0. The van der Waals surface area contributed by atoms with Gasteiger partial charge in [0.25, 0.3) is 0 Å². The topological polar surface area (TPSA) is 42.2 Å². The number of nitrogens with zero attached hydrogens (tertiary/aromatic N) is 3. The van der Waals surface area contributed by atoms with Gasteiger partial charge < -0.3 is 5.32 Å². The highest BCUT2D eigenvalue weighted by Gasteiger charge is 2.12. The smallest absolute Gasteiger partial charge is 0.243 e. The van der Waals surface area contributed by atoms with E-state index in [1.54, 1.807) is 4.52 Å². The molecule has 0 amide bonds. The zero-order valence-corrected chi connectivity index (χ0v) is 10.0. The van der Waals surface area contributed by atoms with Crippen LogP contribution in [0.3, 0.4) is 0 Å². The molecule has 0 aromatic carbocycles. The Morgan fingerprint density at radius 3 is 2.88 bits per heavy atom. The lowest BCUT2D eigenvalue weighted by molar-refractivity contribution is 0.492. The molecule has 0 aliphatic rings. The molecule has 0 saturated heterocycles. The monoisotopic (exact) mass is 218 g/mol. The third-order valence-electron chi connectivity index (χ3n) is 3.10. The molecule has 16 heavy (non-hydrogen) atoms. The number of pyridine rings is 1. The van der Waals surface area contributed by atoms with Crippen molar-refractivity contribution in [1.82, 2.24) is 14.6 Å². The van der Waals surface area contributed by atoms with Gasteiger partial charge in [0.05, 0.1) is 0 Å². The lowest BCUT2D eigenvalue weighted by atomic mass is 10.0. The zero-order chi connectivity index (χ0) is 11.5. The molecule has 2 heterocycles. The second-order valence-corrected chi connectivity index (χ2v) is 4.26. The molecule has 0 radical (unpaired) electrons. The minimum Gasteiger partial charge on any atom is -0.350 e. The standard InChI is InChI=1S/C12H18N4/c1-4-9(2)10(3)13-12-14-11-7-5-6-8-16(11)15-12/h5-10H,4H2,1-3H3,(H,13,15). The van der Waals surface area contributed by atoms with Crippen molar-refractivity contribution in [2.45, 2.75) is 33.2 Å². The Kier molecular flexibility index (Phi) is 3.08. The Balaban J connectivity index is 2.15. The average molecular weight is 218 g/mol. The van der Waals surface area contributed by atoms with Crippen molar-refractivity contribution >= 4 is 11.6 Å². The summed E-state index contributed by atoms with van der Waals surface area (Å²) in [5, 5.41) is 7.70. The molecule has 4 heteroatoms. The summed E-state index contributed by atoms with van der Waals surface area (Å²) in [6.45, 7) is 6.59. The van der Waals surface area contributed by atoms with Crippen LogP contribution in [-0.4, -0.2) is 20.6 Å². The lowest BCUT2D eigenvalue weighted by Gasteiger charge is -2.18. The third kappa shape index (κ3) is 2.15. The van der Waals surface area contributed by atoms with Crippen LogP contribution in [0.2, 0.25) is 0 Å². The van der Waals surface area contributed by atoms with E-state index in [0.29, 0.717) is 17.9 Å². The van der Waals surface area contributed by atoms with Crippen molar-refractivity contribution in [3.8, 4) is 0 Å². The first-order valence-corrected chi connectivity index (χ1v) is 5.78. The van der Waals surface area contributed by atoms with Crippen LogP contribution in [0.15, 0.2) is 24.4 Å². The molecule has 2 aromatic heterocycles. The van der Waals surface area contributed by atoms with E-state index in [1.807, 2.05) is 24.4 Å². The van der Waals surface area contributed by atoms with Gasteiger partial charge >= 0.3 is 0 Å². The molecule has 0 bridgehead atoms. The molecular formula is C12H18N4. The van der Waals surface area contributed by atoms with Crippen LogP contribution in [0.4, 0.5) is 5.95 Å². The van der Waals surface area contributed by atoms with E-state index in [0.717, 1.165) is 12.1 Å². The first-order chi connectivity index (χ1) is 7.70. The number of anilines is 1. The van der Waals surface area contributed by atoms with Crippen LogP contribution in [0.25, 0.3) is 5.65 Å². The fourth-order valence-corrected chi connectivity index (χ4v) is 1.59. The molecule has 2 unspecified atom stereocenters. The summed E-state index contributed by atoms with van der Waals surface area (Å²) in [5.41, 5.74) is 0.876. The van der Waals surface area contributed by atoms with Crippen molar-refractivity contribution in [1.29, 1.82) is 0 Å². The number of hydrogen-bond donors (Lipinski definition) is 1. The number of fused-ring (bicyclic) bond motifs is 1. The van der Waals surface area contributed by atoms with E-state index < -0.39 is 0 Å². The quantitative estimate of drug-likeness (QED) is 0.857. The SMILES string of the molecule is CCC(C)C(C)Nc1nc2ccccn2n1. The van der Waals surface area contributed by atoms with Crippen LogP contribution in [0.1, 0.15) is 27.2 Å². The fourth-order valence-electron chi connectivity index (χ4n) is 1.59. The van der Waals surface area contributed by atoms with Gasteiger partial charge in [-0.3, -0.25) is 0 Å². The fraction of sp³-hybridized carbons (Fsp3) is 0.500. The van der Waals surface area contributed by atoms with Gasteiger partial charge in [-0.05, 0) is 25.0 Å². The minimum atomic E-state index is 0.391. The average Bonchev–Trinajstić information content (AvgIpc) is 2.69. The van der Waals surface area contributed by atoms with E-state index in [9.17, 15) is 0 Å². The first-order valence-electron chi connectivity index (χ1n) is 5.78. The molecule has 2 aromatic rings. The van der Waals surface area contributed by atoms with E-state index in [1.165, 1.54) is 0 Å².